The van der Waals surface area contributed by atoms with Crippen LogP contribution in [0.3, 0.4) is 0 Å². The van der Waals surface area contributed by atoms with Gasteiger partial charge in [-0.25, -0.2) is 0 Å². The van der Waals surface area contributed by atoms with Crippen LogP contribution < -0.4 is 5.32 Å². The van der Waals surface area contributed by atoms with Crippen LogP contribution in [0.5, 0.6) is 0 Å². The summed E-state index contributed by atoms with van der Waals surface area (Å²) in [5.41, 5.74) is 0. The molecule has 0 aromatic rings. The van der Waals surface area contributed by atoms with E-state index in [1.54, 1.807) is 0 Å². The van der Waals surface area contributed by atoms with Crippen molar-refractivity contribution in [1.82, 2.24) is 15.1 Å². The van der Waals surface area contributed by atoms with Crippen molar-refractivity contribution >= 4 is 0 Å². The van der Waals surface area contributed by atoms with Gasteiger partial charge in [-0.2, -0.15) is 0 Å². The Labute approximate surface area is 94.8 Å². The summed E-state index contributed by atoms with van der Waals surface area (Å²) in [6.45, 7) is 8.28. The Bertz CT molecular complexity index is 153. The molecule has 0 saturated carbocycles. The second-order valence-corrected chi connectivity index (χ2v) is 4.83. The summed E-state index contributed by atoms with van der Waals surface area (Å²) in [5, 5.41) is 3.66. The SMILES string of the molecule is CCCN(C)CCNC1CCN(C)CC1. The Morgan fingerprint density at radius 2 is 1.93 bits per heavy atom. The van der Waals surface area contributed by atoms with Crippen molar-refractivity contribution in [3.05, 3.63) is 0 Å². The smallest absolute Gasteiger partial charge is 0.0104 e. The van der Waals surface area contributed by atoms with Crippen molar-refractivity contribution in [1.29, 1.82) is 0 Å². The Morgan fingerprint density at radius 3 is 2.53 bits per heavy atom. The van der Waals surface area contributed by atoms with E-state index in [4.69, 9.17) is 0 Å². The molecule has 0 aromatic carbocycles. The van der Waals surface area contributed by atoms with Crippen LogP contribution in [-0.2, 0) is 0 Å². The third-order valence-electron chi connectivity index (χ3n) is 3.25. The summed E-state index contributed by atoms with van der Waals surface area (Å²) >= 11 is 0. The monoisotopic (exact) mass is 213 g/mol. The minimum Gasteiger partial charge on any atom is -0.313 e. The zero-order valence-electron chi connectivity index (χ0n) is 10.6. The molecule has 0 radical (unpaired) electrons. The van der Waals surface area contributed by atoms with Crippen molar-refractivity contribution in [3.63, 3.8) is 0 Å². The molecule has 1 heterocycles. The molecule has 1 aliphatic rings. The highest BCUT2D eigenvalue weighted by atomic mass is 15.1. The van der Waals surface area contributed by atoms with E-state index in [0.717, 1.165) is 12.6 Å². The van der Waals surface area contributed by atoms with E-state index in [2.05, 4.69) is 36.1 Å². The first-order valence-corrected chi connectivity index (χ1v) is 6.33. The van der Waals surface area contributed by atoms with E-state index in [1.807, 2.05) is 0 Å². The van der Waals surface area contributed by atoms with Gasteiger partial charge in [-0.05, 0) is 53.0 Å². The minimum absolute atomic E-state index is 0.760. The molecular weight excluding hydrogens is 186 g/mol. The standard InChI is InChI=1S/C12H27N3/c1-4-8-14(2)11-7-13-12-5-9-15(3)10-6-12/h12-13H,4-11H2,1-3H3. The quantitative estimate of drug-likeness (QED) is 0.710. The fourth-order valence-corrected chi connectivity index (χ4v) is 2.17. The van der Waals surface area contributed by atoms with Crippen LogP contribution in [0.2, 0.25) is 0 Å². The van der Waals surface area contributed by atoms with Crippen molar-refractivity contribution < 1.29 is 0 Å². The van der Waals surface area contributed by atoms with E-state index < -0.39 is 0 Å². The molecule has 0 aromatic heterocycles. The molecule has 1 aliphatic heterocycles. The average molecular weight is 213 g/mol. The molecule has 1 N–H and O–H groups in total. The predicted molar refractivity (Wildman–Crippen MR) is 66.3 cm³/mol. The molecule has 0 unspecified atom stereocenters. The van der Waals surface area contributed by atoms with Gasteiger partial charge in [-0.3, -0.25) is 0 Å². The van der Waals surface area contributed by atoms with Crippen molar-refractivity contribution in [3.8, 4) is 0 Å². The summed E-state index contributed by atoms with van der Waals surface area (Å²) < 4.78 is 0. The molecule has 1 saturated heterocycles. The van der Waals surface area contributed by atoms with Gasteiger partial charge in [0.05, 0.1) is 0 Å². The molecule has 15 heavy (non-hydrogen) atoms. The van der Waals surface area contributed by atoms with E-state index >= 15 is 0 Å². The topological polar surface area (TPSA) is 18.5 Å². The van der Waals surface area contributed by atoms with Gasteiger partial charge in [-0.15, -0.1) is 0 Å². The maximum atomic E-state index is 3.66. The average Bonchev–Trinajstić information content (AvgIpc) is 2.21. The Hall–Kier alpha value is -0.120. The maximum absolute atomic E-state index is 3.66. The van der Waals surface area contributed by atoms with Crippen molar-refractivity contribution in [2.75, 3.05) is 46.8 Å². The minimum atomic E-state index is 0.760. The summed E-state index contributed by atoms with van der Waals surface area (Å²) in [6, 6.07) is 0.760. The molecule has 90 valence electrons. The first kappa shape index (κ1) is 12.9. The first-order valence-electron chi connectivity index (χ1n) is 6.33. The summed E-state index contributed by atoms with van der Waals surface area (Å²) in [5.74, 6) is 0. The third kappa shape index (κ3) is 5.50. The largest absolute Gasteiger partial charge is 0.313 e. The lowest BCUT2D eigenvalue weighted by molar-refractivity contribution is 0.228. The van der Waals surface area contributed by atoms with Gasteiger partial charge in [-0.1, -0.05) is 6.92 Å². The van der Waals surface area contributed by atoms with Crippen LogP contribution in [0.1, 0.15) is 26.2 Å². The normalized spacial score (nSPS) is 20.0. The summed E-state index contributed by atoms with van der Waals surface area (Å²) in [7, 11) is 4.42. The number of piperidine rings is 1. The second kappa shape index (κ2) is 7.20. The summed E-state index contributed by atoms with van der Waals surface area (Å²) in [6.07, 6.45) is 3.88. The van der Waals surface area contributed by atoms with Gasteiger partial charge in [0.2, 0.25) is 0 Å². The lowest BCUT2D eigenvalue weighted by Gasteiger charge is -2.30. The Balaban J connectivity index is 2.00. The lowest BCUT2D eigenvalue weighted by atomic mass is 10.1. The number of nitrogens with zero attached hydrogens (tertiary/aromatic N) is 2. The molecular formula is C12H27N3. The number of likely N-dealkylation sites (N-methyl/N-ethyl adjacent to an activating group) is 1. The van der Waals surface area contributed by atoms with Gasteiger partial charge in [0.25, 0.3) is 0 Å². The molecule has 0 aliphatic carbocycles. The Morgan fingerprint density at radius 1 is 1.27 bits per heavy atom. The van der Waals surface area contributed by atoms with E-state index in [-0.39, 0.29) is 0 Å². The maximum Gasteiger partial charge on any atom is 0.0104 e. The number of likely N-dealkylation sites (tertiary alicyclic amines) is 1. The van der Waals surface area contributed by atoms with Gasteiger partial charge in [0.15, 0.2) is 0 Å². The molecule has 0 atom stereocenters. The van der Waals surface area contributed by atoms with Crippen LogP contribution in [-0.4, -0.2) is 62.7 Å². The summed E-state index contributed by atoms with van der Waals surface area (Å²) in [4.78, 5) is 4.82. The van der Waals surface area contributed by atoms with Gasteiger partial charge in [0, 0.05) is 19.1 Å². The molecule has 1 rings (SSSR count). The van der Waals surface area contributed by atoms with Crippen molar-refractivity contribution in [2.45, 2.75) is 32.2 Å². The highest BCUT2D eigenvalue weighted by molar-refractivity contribution is 4.75. The fourth-order valence-electron chi connectivity index (χ4n) is 2.17. The van der Waals surface area contributed by atoms with Gasteiger partial charge in [0.1, 0.15) is 0 Å². The number of nitrogens with one attached hydrogen (secondary N) is 1. The number of rotatable bonds is 6. The number of hydrogen-bond donors (Lipinski definition) is 1. The van der Waals surface area contributed by atoms with Crippen LogP contribution >= 0.6 is 0 Å². The molecule has 3 nitrogen and oxygen atoms in total. The highest BCUT2D eigenvalue weighted by Crippen LogP contribution is 2.07. The zero-order valence-corrected chi connectivity index (χ0v) is 10.6. The lowest BCUT2D eigenvalue weighted by Crippen LogP contribution is -2.43. The van der Waals surface area contributed by atoms with Crippen LogP contribution in [0.15, 0.2) is 0 Å². The Kier molecular flexibility index (Phi) is 6.22. The second-order valence-electron chi connectivity index (χ2n) is 4.83. The van der Waals surface area contributed by atoms with Crippen LogP contribution in [0.25, 0.3) is 0 Å². The third-order valence-corrected chi connectivity index (χ3v) is 3.25. The van der Waals surface area contributed by atoms with Crippen LogP contribution in [0.4, 0.5) is 0 Å². The first-order chi connectivity index (χ1) is 7.22. The number of hydrogen-bond acceptors (Lipinski definition) is 3. The van der Waals surface area contributed by atoms with Gasteiger partial charge >= 0.3 is 0 Å². The van der Waals surface area contributed by atoms with Crippen LogP contribution in [0, 0.1) is 0 Å². The highest BCUT2D eigenvalue weighted by Gasteiger charge is 2.15. The van der Waals surface area contributed by atoms with E-state index in [0.29, 0.717) is 0 Å². The predicted octanol–water partition coefficient (Wildman–Crippen LogP) is 1.01. The molecule has 1 fully saturated rings. The van der Waals surface area contributed by atoms with E-state index in [9.17, 15) is 0 Å². The molecule has 0 bridgehead atoms. The zero-order chi connectivity index (χ0) is 11.1. The molecule has 0 spiro atoms. The van der Waals surface area contributed by atoms with E-state index in [1.165, 1.54) is 45.4 Å². The van der Waals surface area contributed by atoms with Crippen molar-refractivity contribution in [2.24, 2.45) is 0 Å². The molecule has 3 heteroatoms. The fraction of sp³-hybridized carbons (Fsp3) is 1.00. The van der Waals surface area contributed by atoms with Gasteiger partial charge < -0.3 is 15.1 Å². The molecule has 0 amide bonds.